The molecule has 15 heavy (non-hydrogen) atoms. The van der Waals surface area contributed by atoms with Gasteiger partial charge < -0.3 is 4.74 Å². The molecule has 0 aliphatic carbocycles. The maximum atomic E-state index is 12.6. The predicted octanol–water partition coefficient (Wildman–Crippen LogP) is 2.10. The van der Waals surface area contributed by atoms with Crippen LogP contribution in [-0.2, 0) is 4.74 Å². The molecule has 2 rings (SSSR count). The van der Waals surface area contributed by atoms with E-state index >= 15 is 0 Å². The molecule has 3 nitrogen and oxygen atoms in total. The van der Waals surface area contributed by atoms with Crippen molar-refractivity contribution >= 4 is 5.78 Å². The lowest BCUT2D eigenvalue weighted by Gasteiger charge is -2.12. The minimum atomic E-state index is -0.454. The van der Waals surface area contributed by atoms with Crippen LogP contribution in [0.15, 0.2) is 30.2 Å². The molecule has 0 saturated carbocycles. The molecular weight excluding hydrogens is 197 g/mol. The first-order valence-electron chi connectivity index (χ1n) is 4.76. The number of ketones is 1. The number of nitrogens with zero attached hydrogens (tertiary/aromatic N) is 1. The van der Waals surface area contributed by atoms with Gasteiger partial charge in [-0.2, -0.15) is 0 Å². The first kappa shape index (κ1) is 9.83. The van der Waals surface area contributed by atoms with E-state index in [1.807, 2.05) is 0 Å². The molecule has 0 amide bonds. The fourth-order valence-electron chi connectivity index (χ4n) is 1.35. The third kappa shape index (κ3) is 2.21. The van der Waals surface area contributed by atoms with E-state index in [0.717, 1.165) is 19.0 Å². The van der Waals surface area contributed by atoms with E-state index in [-0.39, 0.29) is 11.5 Å². The van der Waals surface area contributed by atoms with Crippen LogP contribution >= 0.6 is 0 Å². The van der Waals surface area contributed by atoms with Gasteiger partial charge in [-0.05, 0) is 31.1 Å². The maximum Gasteiger partial charge on any atom is 0.245 e. The molecule has 0 fully saturated rings. The molecule has 0 atom stereocenters. The van der Waals surface area contributed by atoms with Crippen molar-refractivity contribution in [1.29, 1.82) is 0 Å². The smallest absolute Gasteiger partial charge is 0.245 e. The Hall–Kier alpha value is -1.71. The number of aromatic nitrogens is 1. The molecular formula is C11H10FNO2. The Kier molecular flexibility index (Phi) is 2.76. The minimum Gasteiger partial charge on any atom is -0.490 e. The molecule has 0 aromatic carbocycles. The van der Waals surface area contributed by atoms with E-state index in [4.69, 9.17) is 4.74 Å². The van der Waals surface area contributed by atoms with Crippen molar-refractivity contribution in [2.75, 3.05) is 6.61 Å². The first-order chi connectivity index (χ1) is 7.27. The molecule has 1 aliphatic rings. The molecule has 1 aromatic rings. The lowest BCUT2D eigenvalue weighted by molar-refractivity contribution is 0.0894. The second-order valence-electron chi connectivity index (χ2n) is 3.25. The number of pyridine rings is 1. The molecule has 78 valence electrons. The molecule has 0 saturated heterocycles. The molecule has 1 aliphatic heterocycles. The lowest BCUT2D eigenvalue weighted by Crippen LogP contribution is -2.12. The van der Waals surface area contributed by atoms with Gasteiger partial charge in [0.15, 0.2) is 5.76 Å². The highest BCUT2D eigenvalue weighted by molar-refractivity contribution is 6.05. The van der Waals surface area contributed by atoms with Crippen molar-refractivity contribution < 1.29 is 13.9 Å². The highest BCUT2D eigenvalue weighted by Crippen LogP contribution is 2.14. The van der Waals surface area contributed by atoms with Gasteiger partial charge in [0, 0.05) is 0 Å². The van der Waals surface area contributed by atoms with Crippen LogP contribution < -0.4 is 0 Å². The Balaban J connectivity index is 2.20. The second kappa shape index (κ2) is 4.21. The standard InChI is InChI=1S/C11H10FNO2/c12-8-4-5-9(13-7-8)11(14)10-3-1-2-6-15-10/h3-5,7H,1-2,6H2. The number of hydrogen-bond acceptors (Lipinski definition) is 3. The number of allylic oxidation sites excluding steroid dienone is 2. The molecule has 1 aromatic heterocycles. The summed E-state index contributed by atoms with van der Waals surface area (Å²) in [7, 11) is 0. The fraction of sp³-hybridized carbons (Fsp3) is 0.273. The van der Waals surface area contributed by atoms with Crippen LogP contribution in [0.5, 0.6) is 0 Å². The van der Waals surface area contributed by atoms with Gasteiger partial charge in [-0.15, -0.1) is 0 Å². The van der Waals surface area contributed by atoms with Gasteiger partial charge >= 0.3 is 0 Å². The van der Waals surface area contributed by atoms with E-state index in [1.54, 1.807) is 6.08 Å². The summed E-state index contributed by atoms with van der Waals surface area (Å²) in [5, 5.41) is 0. The third-order valence-electron chi connectivity index (χ3n) is 2.12. The van der Waals surface area contributed by atoms with Crippen LogP contribution in [-0.4, -0.2) is 17.4 Å². The van der Waals surface area contributed by atoms with Gasteiger partial charge in [-0.1, -0.05) is 0 Å². The fourth-order valence-corrected chi connectivity index (χ4v) is 1.35. The van der Waals surface area contributed by atoms with Gasteiger partial charge in [-0.3, -0.25) is 4.79 Å². The van der Waals surface area contributed by atoms with E-state index in [1.165, 1.54) is 12.1 Å². The minimum absolute atomic E-state index is 0.213. The van der Waals surface area contributed by atoms with Crippen molar-refractivity contribution in [3.63, 3.8) is 0 Å². The number of carbonyl (C=O) groups excluding carboxylic acids is 1. The summed E-state index contributed by atoms with van der Waals surface area (Å²) in [5.41, 5.74) is 0.213. The van der Waals surface area contributed by atoms with E-state index in [0.29, 0.717) is 12.4 Å². The molecule has 0 radical (unpaired) electrons. The Labute approximate surface area is 86.6 Å². The Morgan fingerprint density at radius 1 is 1.47 bits per heavy atom. The summed E-state index contributed by atoms with van der Waals surface area (Å²) in [4.78, 5) is 15.4. The second-order valence-corrected chi connectivity index (χ2v) is 3.25. The summed E-state index contributed by atoms with van der Waals surface area (Å²) < 4.78 is 17.8. The molecule has 0 bridgehead atoms. The number of rotatable bonds is 2. The van der Waals surface area contributed by atoms with Crippen molar-refractivity contribution in [1.82, 2.24) is 4.98 Å². The topological polar surface area (TPSA) is 39.2 Å². The predicted molar refractivity (Wildman–Crippen MR) is 51.8 cm³/mol. The quantitative estimate of drug-likeness (QED) is 0.697. The largest absolute Gasteiger partial charge is 0.490 e. The van der Waals surface area contributed by atoms with Crippen molar-refractivity contribution in [2.45, 2.75) is 12.8 Å². The summed E-state index contributed by atoms with van der Waals surface area (Å²) in [6.07, 6.45) is 4.53. The number of hydrogen-bond donors (Lipinski definition) is 0. The number of carbonyl (C=O) groups is 1. The summed E-state index contributed by atoms with van der Waals surface area (Å²) in [6.45, 7) is 0.554. The van der Waals surface area contributed by atoms with E-state index in [9.17, 15) is 9.18 Å². The van der Waals surface area contributed by atoms with Gasteiger partial charge in [0.1, 0.15) is 11.5 Å². The highest BCUT2D eigenvalue weighted by Gasteiger charge is 2.16. The Bertz CT molecular complexity index is 398. The molecule has 0 N–H and O–H groups in total. The third-order valence-corrected chi connectivity index (χ3v) is 2.12. The molecule has 0 unspecified atom stereocenters. The summed E-state index contributed by atoms with van der Waals surface area (Å²) in [6, 6.07) is 2.57. The zero-order valence-electron chi connectivity index (χ0n) is 8.07. The number of ether oxygens (including phenoxy) is 1. The van der Waals surface area contributed by atoms with Crippen LogP contribution in [0.1, 0.15) is 23.3 Å². The van der Waals surface area contributed by atoms with Crippen molar-refractivity contribution in [3.05, 3.63) is 41.7 Å². The molecule has 0 spiro atoms. The van der Waals surface area contributed by atoms with Crippen LogP contribution in [0.4, 0.5) is 4.39 Å². The van der Waals surface area contributed by atoms with E-state index < -0.39 is 5.82 Å². The summed E-state index contributed by atoms with van der Waals surface area (Å²) >= 11 is 0. The van der Waals surface area contributed by atoms with Crippen molar-refractivity contribution in [3.8, 4) is 0 Å². The van der Waals surface area contributed by atoms with Gasteiger partial charge in [0.2, 0.25) is 5.78 Å². The average molecular weight is 207 g/mol. The first-order valence-corrected chi connectivity index (χ1v) is 4.76. The van der Waals surface area contributed by atoms with Gasteiger partial charge in [0.05, 0.1) is 12.8 Å². The summed E-state index contributed by atoms with van der Waals surface area (Å²) in [5.74, 6) is -0.417. The zero-order valence-corrected chi connectivity index (χ0v) is 8.07. The normalized spacial score (nSPS) is 15.4. The lowest BCUT2D eigenvalue weighted by atomic mass is 10.1. The average Bonchev–Trinajstić information content (AvgIpc) is 2.30. The van der Waals surface area contributed by atoms with Crippen LogP contribution in [0.2, 0.25) is 0 Å². The van der Waals surface area contributed by atoms with Gasteiger partial charge in [0.25, 0.3) is 0 Å². The van der Waals surface area contributed by atoms with Crippen LogP contribution in [0.3, 0.4) is 0 Å². The van der Waals surface area contributed by atoms with E-state index in [2.05, 4.69) is 4.98 Å². The Morgan fingerprint density at radius 2 is 2.33 bits per heavy atom. The zero-order chi connectivity index (χ0) is 10.7. The highest BCUT2D eigenvalue weighted by atomic mass is 19.1. The maximum absolute atomic E-state index is 12.6. The molecule has 4 heteroatoms. The number of Topliss-reactive ketones (excluding diaryl/α,β-unsaturated/α-hetero) is 1. The molecule has 2 heterocycles. The van der Waals surface area contributed by atoms with Crippen LogP contribution in [0, 0.1) is 5.82 Å². The van der Waals surface area contributed by atoms with Crippen LogP contribution in [0.25, 0.3) is 0 Å². The van der Waals surface area contributed by atoms with Crippen molar-refractivity contribution in [2.24, 2.45) is 0 Å². The number of halogens is 1. The Morgan fingerprint density at radius 3 is 2.93 bits per heavy atom. The van der Waals surface area contributed by atoms with Gasteiger partial charge in [-0.25, -0.2) is 9.37 Å². The monoisotopic (exact) mass is 207 g/mol. The SMILES string of the molecule is O=C(C1=CCCCO1)c1ccc(F)cn1.